The van der Waals surface area contributed by atoms with E-state index in [0.717, 1.165) is 23.3 Å². The van der Waals surface area contributed by atoms with E-state index in [0.29, 0.717) is 42.5 Å². The third kappa shape index (κ3) is 4.29. The molecule has 0 unspecified atom stereocenters. The minimum atomic E-state index is -1.02. The molecule has 1 aliphatic heterocycles. The van der Waals surface area contributed by atoms with Crippen molar-refractivity contribution in [2.45, 2.75) is 38.3 Å². The predicted octanol–water partition coefficient (Wildman–Crippen LogP) is 2.03. The van der Waals surface area contributed by atoms with Crippen LogP contribution in [0.3, 0.4) is 0 Å². The van der Waals surface area contributed by atoms with Gasteiger partial charge in [-0.3, -0.25) is 14.4 Å². The topological polar surface area (TPSA) is 127 Å². The average Bonchev–Trinajstić information content (AvgIpc) is 3.28. The number of hydrogen-bond donors (Lipinski definition) is 3. The molecule has 1 saturated carbocycles. The third-order valence-corrected chi connectivity index (χ3v) is 6.80. The fourth-order valence-electron chi connectivity index (χ4n) is 3.70. The zero-order valence-electron chi connectivity index (χ0n) is 17.7. The van der Waals surface area contributed by atoms with Gasteiger partial charge < -0.3 is 20.9 Å². The maximum Gasteiger partial charge on any atom is 0.272 e. The van der Waals surface area contributed by atoms with E-state index >= 15 is 0 Å². The lowest BCUT2D eigenvalue weighted by Gasteiger charge is -2.23. The summed E-state index contributed by atoms with van der Waals surface area (Å²) < 4.78 is 0. The van der Waals surface area contributed by atoms with Crippen molar-refractivity contribution in [1.82, 2.24) is 15.6 Å². The largest absolute Gasteiger partial charge is 0.354 e. The van der Waals surface area contributed by atoms with Gasteiger partial charge in [0.25, 0.3) is 5.91 Å². The Labute approximate surface area is 189 Å². The van der Waals surface area contributed by atoms with Crippen LogP contribution in [0.15, 0.2) is 30.3 Å². The van der Waals surface area contributed by atoms with Crippen LogP contribution in [-0.2, 0) is 16.1 Å². The first-order valence-electron chi connectivity index (χ1n) is 10.5. The summed E-state index contributed by atoms with van der Waals surface area (Å²) >= 11 is 1.15. The molecule has 32 heavy (non-hydrogen) atoms. The molecule has 166 valence electrons. The van der Waals surface area contributed by atoms with Gasteiger partial charge in [-0.15, -0.1) is 0 Å². The molecule has 2 aromatic rings. The summed E-state index contributed by atoms with van der Waals surface area (Å²) in [6.07, 6.45) is 2.50. The lowest BCUT2D eigenvalue weighted by Crippen LogP contribution is -2.43. The minimum absolute atomic E-state index is 0.0879. The second-order valence-corrected chi connectivity index (χ2v) is 8.93. The number of nitrogens with zero attached hydrogens (tertiary/aromatic N) is 3. The number of anilines is 2. The molecule has 10 heteroatoms. The first kappa shape index (κ1) is 21.8. The van der Waals surface area contributed by atoms with E-state index in [1.165, 1.54) is 7.05 Å². The summed E-state index contributed by atoms with van der Waals surface area (Å²) in [7, 11) is 1.49. The Bertz CT molecular complexity index is 1070. The summed E-state index contributed by atoms with van der Waals surface area (Å²) in [5, 5.41) is 18.3. The molecular formula is C22H24N6O3S. The lowest BCUT2D eigenvalue weighted by molar-refractivity contribution is -0.122. The standard InChI is InChI=1S/C22H24N6O3S/c1-24-18(30)16-19(27-20(31)22(13-23)9-10-22)32-21(26-16)28-11-5-8-15(28)17(29)25-12-14-6-3-2-4-7-14/h2-4,6-7,15H,5,8-12H2,1H3,(H,24,30)(H,25,29)(H,27,31)/t15-/m1/s1. The van der Waals surface area contributed by atoms with Crippen molar-refractivity contribution >= 4 is 39.2 Å². The van der Waals surface area contributed by atoms with Crippen molar-refractivity contribution in [1.29, 1.82) is 5.26 Å². The number of nitriles is 1. The van der Waals surface area contributed by atoms with Crippen molar-refractivity contribution in [3.63, 3.8) is 0 Å². The van der Waals surface area contributed by atoms with Crippen LogP contribution in [0.1, 0.15) is 41.7 Å². The summed E-state index contributed by atoms with van der Waals surface area (Å²) in [6.45, 7) is 1.06. The number of aromatic nitrogens is 1. The van der Waals surface area contributed by atoms with Crippen LogP contribution in [0, 0.1) is 16.7 Å². The average molecular weight is 453 g/mol. The molecule has 2 aliphatic rings. The Balaban J connectivity index is 1.52. The molecule has 1 aliphatic carbocycles. The van der Waals surface area contributed by atoms with E-state index in [1.54, 1.807) is 0 Å². The van der Waals surface area contributed by atoms with Crippen LogP contribution < -0.4 is 20.9 Å². The summed E-state index contributed by atoms with van der Waals surface area (Å²) in [5.74, 6) is -0.956. The molecule has 1 saturated heterocycles. The highest BCUT2D eigenvalue weighted by Crippen LogP contribution is 2.46. The van der Waals surface area contributed by atoms with Gasteiger partial charge in [0.1, 0.15) is 16.5 Å². The highest BCUT2D eigenvalue weighted by molar-refractivity contribution is 7.20. The van der Waals surface area contributed by atoms with E-state index < -0.39 is 23.3 Å². The van der Waals surface area contributed by atoms with Crippen LogP contribution in [0.25, 0.3) is 0 Å². The van der Waals surface area contributed by atoms with Crippen molar-refractivity contribution in [3.8, 4) is 6.07 Å². The molecule has 0 spiro atoms. The zero-order chi connectivity index (χ0) is 22.7. The van der Waals surface area contributed by atoms with Gasteiger partial charge in [0, 0.05) is 20.1 Å². The maximum absolute atomic E-state index is 12.9. The van der Waals surface area contributed by atoms with Crippen molar-refractivity contribution in [3.05, 3.63) is 41.6 Å². The van der Waals surface area contributed by atoms with Crippen LogP contribution in [0.4, 0.5) is 10.1 Å². The number of rotatable bonds is 7. The van der Waals surface area contributed by atoms with E-state index in [1.807, 2.05) is 35.2 Å². The Morgan fingerprint density at radius 1 is 1.28 bits per heavy atom. The molecule has 1 atom stereocenters. The number of carbonyl (C=O) groups is 3. The predicted molar refractivity (Wildman–Crippen MR) is 120 cm³/mol. The smallest absolute Gasteiger partial charge is 0.272 e. The summed E-state index contributed by atoms with van der Waals surface area (Å²) in [4.78, 5) is 44.1. The number of thiazole rings is 1. The molecule has 1 aromatic heterocycles. The molecule has 1 aromatic carbocycles. The molecule has 3 N–H and O–H groups in total. The van der Waals surface area contributed by atoms with Crippen molar-refractivity contribution < 1.29 is 14.4 Å². The Morgan fingerprint density at radius 3 is 2.69 bits per heavy atom. The number of amides is 3. The highest BCUT2D eigenvalue weighted by atomic mass is 32.1. The Kier molecular flexibility index (Phi) is 6.10. The number of nitrogens with one attached hydrogen (secondary N) is 3. The van der Waals surface area contributed by atoms with Crippen LogP contribution >= 0.6 is 11.3 Å². The van der Waals surface area contributed by atoms with E-state index in [9.17, 15) is 19.6 Å². The first-order valence-corrected chi connectivity index (χ1v) is 11.3. The molecule has 3 amide bonds. The van der Waals surface area contributed by atoms with Gasteiger partial charge >= 0.3 is 0 Å². The van der Waals surface area contributed by atoms with E-state index in [2.05, 4.69) is 27.0 Å². The second kappa shape index (κ2) is 8.96. The third-order valence-electron chi connectivity index (χ3n) is 5.79. The maximum atomic E-state index is 12.9. The lowest BCUT2D eigenvalue weighted by atomic mass is 10.1. The first-order chi connectivity index (χ1) is 15.5. The fraction of sp³-hybridized carbons (Fsp3) is 0.409. The van der Waals surface area contributed by atoms with Gasteiger partial charge in [-0.2, -0.15) is 5.26 Å². The van der Waals surface area contributed by atoms with Gasteiger partial charge in [-0.05, 0) is 31.2 Å². The molecule has 0 bridgehead atoms. The van der Waals surface area contributed by atoms with Gasteiger partial charge in [0.15, 0.2) is 10.8 Å². The number of hydrogen-bond acceptors (Lipinski definition) is 7. The molecule has 2 fully saturated rings. The van der Waals surface area contributed by atoms with Gasteiger partial charge in [-0.1, -0.05) is 41.7 Å². The monoisotopic (exact) mass is 452 g/mol. The Hall–Kier alpha value is -3.45. The number of carbonyl (C=O) groups excluding carboxylic acids is 3. The van der Waals surface area contributed by atoms with Crippen LogP contribution in [0.2, 0.25) is 0 Å². The van der Waals surface area contributed by atoms with Crippen LogP contribution in [-0.4, -0.2) is 42.3 Å². The highest BCUT2D eigenvalue weighted by Gasteiger charge is 2.51. The Morgan fingerprint density at radius 2 is 2.03 bits per heavy atom. The fourth-order valence-corrected chi connectivity index (χ4v) is 4.73. The molecule has 4 rings (SSSR count). The van der Waals surface area contributed by atoms with Crippen molar-refractivity contribution in [2.24, 2.45) is 5.41 Å². The van der Waals surface area contributed by atoms with Gasteiger partial charge in [0.2, 0.25) is 11.8 Å². The number of benzene rings is 1. The normalized spacial score (nSPS) is 18.5. The van der Waals surface area contributed by atoms with Gasteiger partial charge in [0.05, 0.1) is 6.07 Å². The summed E-state index contributed by atoms with van der Waals surface area (Å²) in [5.41, 5.74) is 0.0837. The quantitative estimate of drug-likeness (QED) is 0.590. The molecule has 9 nitrogen and oxygen atoms in total. The van der Waals surface area contributed by atoms with Gasteiger partial charge in [-0.25, -0.2) is 4.98 Å². The molecule has 2 heterocycles. The van der Waals surface area contributed by atoms with E-state index in [-0.39, 0.29) is 11.6 Å². The van der Waals surface area contributed by atoms with E-state index in [4.69, 9.17) is 0 Å². The SMILES string of the molecule is CNC(=O)c1nc(N2CCC[C@@H]2C(=O)NCc2ccccc2)sc1NC(=O)C1(C#N)CC1. The van der Waals surface area contributed by atoms with Crippen LogP contribution in [0.5, 0.6) is 0 Å². The van der Waals surface area contributed by atoms with Crippen molar-refractivity contribution in [2.75, 3.05) is 23.8 Å². The molecule has 0 radical (unpaired) electrons. The second-order valence-electron chi connectivity index (χ2n) is 7.96. The minimum Gasteiger partial charge on any atom is -0.354 e. The zero-order valence-corrected chi connectivity index (χ0v) is 18.5. The summed E-state index contributed by atoms with van der Waals surface area (Å²) in [6, 6.07) is 11.3. The molecular weight excluding hydrogens is 428 g/mol.